The molecule has 1 saturated carbocycles. The topological polar surface area (TPSA) is 0 Å². The second-order valence-electron chi connectivity index (χ2n) is 5.27. The summed E-state index contributed by atoms with van der Waals surface area (Å²) in [5.41, 5.74) is 1.87. The number of hydrogen-bond acceptors (Lipinski definition) is 0. The zero-order valence-corrected chi connectivity index (χ0v) is 13.3. The van der Waals surface area contributed by atoms with Crippen LogP contribution in [0.25, 0.3) is 0 Å². The maximum absolute atomic E-state index is 3.77. The van der Waals surface area contributed by atoms with Crippen LogP contribution in [0.5, 0.6) is 0 Å². The summed E-state index contributed by atoms with van der Waals surface area (Å²) in [6.07, 6.45) is 6.84. The highest BCUT2D eigenvalue weighted by Crippen LogP contribution is 2.44. The number of alkyl halides is 2. The van der Waals surface area contributed by atoms with Crippen molar-refractivity contribution in [3.05, 3.63) is 35.9 Å². The van der Waals surface area contributed by atoms with Gasteiger partial charge in [0.05, 0.1) is 0 Å². The molecule has 94 valence electrons. The van der Waals surface area contributed by atoms with E-state index in [9.17, 15) is 0 Å². The minimum absolute atomic E-state index is 0.401. The largest absolute Gasteiger partial charge is 0.0921 e. The van der Waals surface area contributed by atoms with Crippen molar-refractivity contribution in [1.29, 1.82) is 0 Å². The van der Waals surface area contributed by atoms with E-state index in [1.54, 1.807) is 0 Å². The van der Waals surface area contributed by atoms with E-state index in [4.69, 9.17) is 0 Å². The van der Waals surface area contributed by atoms with Crippen LogP contribution in [0.4, 0.5) is 0 Å². The molecule has 0 aromatic heterocycles. The van der Waals surface area contributed by atoms with Crippen LogP contribution in [-0.2, 0) is 6.42 Å². The van der Waals surface area contributed by atoms with Crippen molar-refractivity contribution >= 4 is 31.9 Å². The quantitative estimate of drug-likeness (QED) is 0.634. The van der Waals surface area contributed by atoms with E-state index in [1.165, 1.54) is 37.7 Å². The first kappa shape index (κ1) is 13.6. The Morgan fingerprint density at radius 2 is 1.59 bits per heavy atom. The van der Waals surface area contributed by atoms with Gasteiger partial charge in [-0.2, -0.15) is 0 Å². The number of halogens is 2. The number of hydrogen-bond donors (Lipinski definition) is 0. The predicted molar refractivity (Wildman–Crippen MR) is 82.1 cm³/mol. The fourth-order valence-electron chi connectivity index (χ4n) is 3.03. The van der Waals surface area contributed by atoms with E-state index in [2.05, 4.69) is 62.2 Å². The van der Waals surface area contributed by atoms with Crippen LogP contribution in [0.15, 0.2) is 30.3 Å². The maximum Gasteiger partial charge on any atom is 0.0102 e. The van der Waals surface area contributed by atoms with E-state index in [0.717, 1.165) is 16.6 Å². The molecule has 0 atom stereocenters. The molecule has 0 heterocycles. The van der Waals surface area contributed by atoms with Gasteiger partial charge in [0, 0.05) is 10.7 Å². The van der Waals surface area contributed by atoms with Crippen molar-refractivity contribution in [3.63, 3.8) is 0 Å². The molecule has 0 bridgehead atoms. The number of rotatable bonds is 5. The van der Waals surface area contributed by atoms with Gasteiger partial charge in [0.25, 0.3) is 0 Å². The van der Waals surface area contributed by atoms with Crippen molar-refractivity contribution in [1.82, 2.24) is 0 Å². The lowest BCUT2D eigenvalue weighted by Crippen LogP contribution is -2.35. The summed E-state index contributed by atoms with van der Waals surface area (Å²) < 4.78 is 0. The molecule has 2 rings (SSSR count). The molecule has 1 aliphatic carbocycles. The molecule has 0 radical (unpaired) electrons. The van der Waals surface area contributed by atoms with Crippen LogP contribution in [0, 0.1) is 11.3 Å². The normalized spacial score (nSPS) is 17.5. The lowest BCUT2D eigenvalue weighted by Gasteiger charge is -2.36. The Bertz CT molecular complexity index is 324. The smallest absolute Gasteiger partial charge is 0.0102 e. The summed E-state index contributed by atoms with van der Waals surface area (Å²) in [5.74, 6) is 0.876. The van der Waals surface area contributed by atoms with E-state index in [1.807, 2.05) is 0 Å². The molecule has 17 heavy (non-hydrogen) atoms. The summed E-state index contributed by atoms with van der Waals surface area (Å²) in [4.78, 5) is 0. The fraction of sp³-hybridized carbons (Fsp3) is 0.600. The van der Waals surface area contributed by atoms with Crippen LogP contribution in [-0.4, -0.2) is 10.7 Å². The molecule has 1 fully saturated rings. The van der Waals surface area contributed by atoms with Crippen molar-refractivity contribution in [2.45, 2.75) is 32.1 Å². The fourth-order valence-corrected chi connectivity index (χ4v) is 5.27. The molecule has 0 nitrogen and oxygen atoms in total. The van der Waals surface area contributed by atoms with Crippen molar-refractivity contribution in [2.24, 2.45) is 11.3 Å². The second-order valence-corrected chi connectivity index (χ2v) is 6.39. The van der Waals surface area contributed by atoms with Gasteiger partial charge in [-0.1, -0.05) is 75.0 Å². The SMILES string of the molecule is BrCC(CBr)(Cc1ccccc1)C1CCCC1. The highest BCUT2D eigenvalue weighted by atomic mass is 79.9. The van der Waals surface area contributed by atoms with Crippen LogP contribution < -0.4 is 0 Å². The monoisotopic (exact) mass is 358 g/mol. The summed E-state index contributed by atoms with van der Waals surface area (Å²) in [5, 5.41) is 2.20. The molecule has 0 saturated heterocycles. The Morgan fingerprint density at radius 3 is 2.12 bits per heavy atom. The molecule has 1 aromatic rings. The first-order valence-electron chi connectivity index (χ1n) is 6.46. The van der Waals surface area contributed by atoms with Crippen LogP contribution in [0.1, 0.15) is 31.2 Å². The highest BCUT2D eigenvalue weighted by Gasteiger charge is 2.38. The van der Waals surface area contributed by atoms with Gasteiger partial charge in [0.15, 0.2) is 0 Å². The molecule has 1 aliphatic rings. The van der Waals surface area contributed by atoms with Gasteiger partial charge in [-0.25, -0.2) is 0 Å². The zero-order valence-electron chi connectivity index (χ0n) is 10.2. The van der Waals surface area contributed by atoms with Gasteiger partial charge < -0.3 is 0 Å². The van der Waals surface area contributed by atoms with Gasteiger partial charge in [-0.3, -0.25) is 0 Å². The first-order chi connectivity index (χ1) is 8.30. The Kier molecular flexibility index (Phi) is 5.10. The predicted octanol–water partition coefficient (Wildman–Crippen LogP) is 5.20. The van der Waals surface area contributed by atoms with E-state index in [0.29, 0.717) is 5.41 Å². The van der Waals surface area contributed by atoms with Gasteiger partial charge in [-0.15, -0.1) is 0 Å². The standard InChI is InChI=1S/C15H20Br2/c16-11-15(12-17,14-8-4-5-9-14)10-13-6-2-1-3-7-13/h1-3,6-7,14H,4-5,8-12H2. The first-order valence-corrected chi connectivity index (χ1v) is 8.71. The van der Waals surface area contributed by atoms with Gasteiger partial charge in [-0.05, 0) is 36.2 Å². The molecular weight excluding hydrogens is 340 g/mol. The molecule has 0 spiro atoms. The Labute approximate surface area is 121 Å². The van der Waals surface area contributed by atoms with E-state index < -0.39 is 0 Å². The lowest BCUT2D eigenvalue weighted by molar-refractivity contribution is 0.233. The minimum atomic E-state index is 0.401. The molecule has 2 heteroatoms. The molecule has 0 aliphatic heterocycles. The van der Waals surface area contributed by atoms with Gasteiger partial charge >= 0.3 is 0 Å². The van der Waals surface area contributed by atoms with Gasteiger partial charge in [0.2, 0.25) is 0 Å². The zero-order chi connectivity index (χ0) is 12.1. The molecule has 0 N–H and O–H groups in total. The molecule has 1 aromatic carbocycles. The highest BCUT2D eigenvalue weighted by molar-refractivity contribution is 9.09. The number of benzene rings is 1. The Hall–Kier alpha value is 0.180. The minimum Gasteiger partial charge on any atom is -0.0921 e. The Morgan fingerprint density at radius 1 is 1.00 bits per heavy atom. The molecule has 0 amide bonds. The molecule has 0 unspecified atom stereocenters. The van der Waals surface area contributed by atoms with Crippen molar-refractivity contribution in [2.75, 3.05) is 10.7 Å². The third-order valence-electron chi connectivity index (χ3n) is 4.15. The van der Waals surface area contributed by atoms with Crippen LogP contribution in [0.2, 0.25) is 0 Å². The van der Waals surface area contributed by atoms with E-state index >= 15 is 0 Å². The van der Waals surface area contributed by atoms with E-state index in [-0.39, 0.29) is 0 Å². The molecular formula is C15H20Br2. The summed E-state index contributed by atoms with van der Waals surface area (Å²) >= 11 is 7.54. The van der Waals surface area contributed by atoms with Crippen molar-refractivity contribution < 1.29 is 0 Å². The average Bonchev–Trinajstić information content (AvgIpc) is 2.92. The summed E-state index contributed by atoms with van der Waals surface area (Å²) in [6, 6.07) is 10.9. The summed E-state index contributed by atoms with van der Waals surface area (Å²) in [6.45, 7) is 0. The Balaban J connectivity index is 2.16. The van der Waals surface area contributed by atoms with Gasteiger partial charge in [0.1, 0.15) is 0 Å². The average molecular weight is 360 g/mol. The van der Waals surface area contributed by atoms with Crippen LogP contribution >= 0.6 is 31.9 Å². The third kappa shape index (κ3) is 3.14. The lowest BCUT2D eigenvalue weighted by atomic mass is 9.73. The third-order valence-corrected chi connectivity index (χ3v) is 6.39. The van der Waals surface area contributed by atoms with Crippen LogP contribution in [0.3, 0.4) is 0 Å². The summed E-state index contributed by atoms with van der Waals surface area (Å²) in [7, 11) is 0. The van der Waals surface area contributed by atoms with Crippen molar-refractivity contribution in [3.8, 4) is 0 Å². The maximum atomic E-state index is 3.77. The second kappa shape index (κ2) is 6.38.